The second kappa shape index (κ2) is 6.76. The van der Waals surface area contributed by atoms with Crippen LogP contribution in [0.5, 0.6) is 11.5 Å². The van der Waals surface area contributed by atoms with Crippen LogP contribution < -0.4 is 9.47 Å². The van der Waals surface area contributed by atoms with Gasteiger partial charge in [0.1, 0.15) is 5.69 Å². The van der Waals surface area contributed by atoms with Gasteiger partial charge in [-0.15, -0.1) is 0 Å². The van der Waals surface area contributed by atoms with E-state index in [9.17, 15) is 0 Å². The van der Waals surface area contributed by atoms with E-state index >= 15 is 0 Å². The molecule has 0 unspecified atom stereocenters. The number of hydrogen-bond acceptors (Lipinski definition) is 4. The molecule has 0 aliphatic heterocycles. The molecule has 0 saturated heterocycles. The minimum absolute atomic E-state index is 0.393. The Morgan fingerprint density at radius 3 is 2.24 bits per heavy atom. The Labute approximate surface area is 130 Å². The maximum absolute atomic E-state index is 6.22. The highest BCUT2D eigenvalue weighted by Gasteiger charge is 2.13. The molecule has 5 heteroatoms. The highest BCUT2D eigenvalue weighted by atomic mass is 35.5. The fourth-order valence-electron chi connectivity index (χ4n) is 1.96. The van der Waals surface area contributed by atoms with Crippen LogP contribution in [-0.2, 0) is 0 Å². The predicted octanol–water partition coefficient (Wildman–Crippen LogP) is 4.21. The largest absolute Gasteiger partial charge is 0.490 e. The Hall–Kier alpha value is -1.81. The second-order valence-corrected chi connectivity index (χ2v) is 4.92. The number of halogens is 1. The molecule has 112 valence electrons. The molecular weight excluding hydrogens is 288 g/mol. The molecule has 0 aliphatic rings. The van der Waals surface area contributed by atoms with Crippen molar-refractivity contribution in [2.24, 2.45) is 0 Å². The predicted molar refractivity (Wildman–Crippen MR) is 84.3 cm³/mol. The van der Waals surface area contributed by atoms with Crippen molar-refractivity contribution in [1.29, 1.82) is 0 Å². The lowest BCUT2D eigenvalue weighted by molar-refractivity contribution is 0.288. The zero-order chi connectivity index (χ0) is 15.4. The van der Waals surface area contributed by atoms with Crippen LogP contribution in [0.4, 0.5) is 0 Å². The van der Waals surface area contributed by atoms with E-state index in [1.165, 1.54) is 0 Å². The molecule has 1 aromatic carbocycles. The van der Waals surface area contributed by atoms with Gasteiger partial charge in [-0.1, -0.05) is 11.6 Å². The standard InChI is InChI=1S/C16H19ClN2O2/c1-5-20-13-8-7-12(9-14(13)21-6-2)15-16(17)19-11(4)10(3)18-15/h7-9H,5-6H2,1-4H3. The molecule has 2 aromatic rings. The summed E-state index contributed by atoms with van der Waals surface area (Å²) in [6, 6.07) is 5.67. The summed E-state index contributed by atoms with van der Waals surface area (Å²) in [5, 5.41) is 0.393. The molecule has 0 radical (unpaired) electrons. The van der Waals surface area contributed by atoms with Gasteiger partial charge in [-0.05, 0) is 45.9 Å². The molecule has 0 saturated carbocycles. The molecule has 0 amide bonds. The average Bonchev–Trinajstić information content (AvgIpc) is 2.45. The maximum atomic E-state index is 6.22. The third-order valence-corrected chi connectivity index (χ3v) is 3.34. The van der Waals surface area contributed by atoms with E-state index < -0.39 is 0 Å². The van der Waals surface area contributed by atoms with Crippen molar-refractivity contribution in [2.75, 3.05) is 13.2 Å². The average molecular weight is 307 g/mol. The summed E-state index contributed by atoms with van der Waals surface area (Å²) >= 11 is 6.22. The highest BCUT2D eigenvalue weighted by Crippen LogP contribution is 2.34. The zero-order valence-corrected chi connectivity index (χ0v) is 13.5. The van der Waals surface area contributed by atoms with Gasteiger partial charge in [0.2, 0.25) is 0 Å². The fourth-order valence-corrected chi connectivity index (χ4v) is 2.24. The van der Waals surface area contributed by atoms with Gasteiger partial charge in [-0.25, -0.2) is 9.97 Å². The van der Waals surface area contributed by atoms with Crippen molar-refractivity contribution in [1.82, 2.24) is 9.97 Å². The zero-order valence-electron chi connectivity index (χ0n) is 12.7. The Kier molecular flexibility index (Phi) is 5.02. The van der Waals surface area contributed by atoms with Crippen molar-refractivity contribution in [2.45, 2.75) is 27.7 Å². The normalized spacial score (nSPS) is 10.5. The van der Waals surface area contributed by atoms with Crippen LogP contribution in [0, 0.1) is 13.8 Å². The van der Waals surface area contributed by atoms with Gasteiger partial charge in [-0.3, -0.25) is 0 Å². The van der Waals surface area contributed by atoms with E-state index in [1.54, 1.807) is 0 Å². The quantitative estimate of drug-likeness (QED) is 0.830. The van der Waals surface area contributed by atoms with Crippen LogP contribution in [0.1, 0.15) is 25.2 Å². The Morgan fingerprint density at radius 2 is 1.57 bits per heavy atom. The monoisotopic (exact) mass is 306 g/mol. The lowest BCUT2D eigenvalue weighted by Gasteiger charge is -2.13. The molecule has 0 atom stereocenters. The van der Waals surface area contributed by atoms with E-state index in [1.807, 2.05) is 45.9 Å². The molecule has 1 heterocycles. The van der Waals surface area contributed by atoms with Crippen LogP contribution in [0.3, 0.4) is 0 Å². The van der Waals surface area contributed by atoms with Crippen molar-refractivity contribution >= 4 is 11.6 Å². The van der Waals surface area contributed by atoms with Crippen molar-refractivity contribution in [3.05, 3.63) is 34.7 Å². The number of benzene rings is 1. The maximum Gasteiger partial charge on any atom is 0.161 e. The minimum Gasteiger partial charge on any atom is -0.490 e. The first-order valence-corrected chi connectivity index (χ1v) is 7.35. The van der Waals surface area contributed by atoms with Gasteiger partial charge in [0, 0.05) is 5.56 Å². The van der Waals surface area contributed by atoms with E-state index in [0.717, 1.165) is 22.7 Å². The molecule has 0 N–H and O–H groups in total. The Morgan fingerprint density at radius 1 is 0.952 bits per heavy atom. The summed E-state index contributed by atoms with van der Waals surface area (Å²) in [7, 11) is 0. The number of aromatic nitrogens is 2. The molecule has 21 heavy (non-hydrogen) atoms. The molecule has 0 bridgehead atoms. The van der Waals surface area contributed by atoms with Gasteiger partial charge >= 0.3 is 0 Å². The number of rotatable bonds is 5. The van der Waals surface area contributed by atoms with Crippen molar-refractivity contribution in [3.63, 3.8) is 0 Å². The first-order valence-electron chi connectivity index (χ1n) is 6.97. The van der Waals surface area contributed by atoms with Gasteiger partial charge in [-0.2, -0.15) is 0 Å². The SMILES string of the molecule is CCOc1ccc(-c2nc(C)c(C)nc2Cl)cc1OCC. The first kappa shape index (κ1) is 15.6. The molecule has 0 spiro atoms. The summed E-state index contributed by atoms with van der Waals surface area (Å²) in [5.74, 6) is 1.41. The topological polar surface area (TPSA) is 44.2 Å². The minimum atomic E-state index is 0.393. The first-order chi connectivity index (χ1) is 10.1. The van der Waals surface area contributed by atoms with Crippen LogP contribution in [0.25, 0.3) is 11.3 Å². The summed E-state index contributed by atoms with van der Waals surface area (Å²) < 4.78 is 11.2. The molecule has 0 fully saturated rings. The van der Waals surface area contributed by atoms with Gasteiger partial charge < -0.3 is 9.47 Å². The van der Waals surface area contributed by atoms with E-state index in [-0.39, 0.29) is 0 Å². The van der Waals surface area contributed by atoms with E-state index in [0.29, 0.717) is 29.8 Å². The Balaban J connectivity index is 2.49. The number of nitrogens with zero attached hydrogens (tertiary/aromatic N) is 2. The van der Waals surface area contributed by atoms with Gasteiger partial charge in [0.25, 0.3) is 0 Å². The van der Waals surface area contributed by atoms with Crippen molar-refractivity contribution < 1.29 is 9.47 Å². The highest BCUT2D eigenvalue weighted by molar-refractivity contribution is 6.31. The van der Waals surface area contributed by atoms with E-state index in [2.05, 4.69) is 9.97 Å². The molecule has 4 nitrogen and oxygen atoms in total. The van der Waals surface area contributed by atoms with Gasteiger partial charge in [0.15, 0.2) is 16.7 Å². The summed E-state index contributed by atoms with van der Waals surface area (Å²) in [5.41, 5.74) is 3.22. The number of ether oxygens (including phenoxy) is 2. The number of aryl methyl sites for hydroxylation is 2. The Bertz CT molecular complexity index is 644. The molecule has 1 aromatic heterocycles. The summed E-state index contributed by atoms with van der Waals surface area (Å²) in [6.45, 7) is 8.84. The second-order valence-electron chi connectivity index (χ2n) is 4.56. The van der Waals surface area contributed by atoms with Crippen LogP contribution in [-0.4, -0.2) is 23.2 Å². The molecule has 0 aliphatic carbocycles. The third-order valence-electron chi connectivity index (χ3n) is 3.08. The van der Waals surface area contributed by atoms with Crippen LogP contribution in [0.15, 0.2) is 18.2 Å². The van der Waals surface area contributed by atoms with Gasteiger partial charge in [0.05, 0.1) is 24.6 Å². The lowest BCUT2D eigenvalue weighted by Crippen LogP contribution is -2.00. The van der Waals surface area contributed by atoms with Crippen LogP contribution >= 0.6 is 11.6 Å². The fraction of sp³-hybridized carbons (Fsp3) is 0.375. The third kappa shape index (κ3) is 3.45. The molecular formula is C16H19ClN2O2. The summed E-state index contributed by atoms with van der Waals surface area (Å²) in [4.78, 5) is 8.84. The van der Waals surface area contributed by atoms with Crippen molar-refractivity contribution in [3.8, 4) is 22.8 Å². The lowest BCUT2D eigenvalue weighted by atomic mass is 10.1. The van der Waals surface area contributed by atoms with Crippen LogP contribution in [0.2, 0.25) is 5.15 Å². The number of hydrogen-bond donors (Lipinski definition) is 0. The smallest absolute Gasteiger partial charge is 0.161 e. The summed E-state index contributed by atoms with van der Waals surface area (Å²) in [6.07, 6.45) is 0. The molecule has 2 rings (SSSR count). The van der Waals surface area contributed by atoms with E-state index in [4.69, 9.17) is 21.1 Å².